The molecule has 0 aliphatic heterocycles. The number of amides is 2. The fourth-order valence-corrected chi connectivity index (χ4v) is 5.79. The molecule has 0 aromatic heterocycles. The van der Waals surface area contributed by atoms with Crippen LogP contribution in [0.1, 0.15) is 43.7 Å². The van der Waals surface area contributed by atoms with Gasteiger partial charge in [0.15, 0.2) is 0 Å². The minimum Gasteiger partial charge on any atom is -0.354 e. The standard InChI is InChI=1S/C31H38ClN3O4S/c1-3-4-21-33-31(37)29(23-25-14-7-5-8-15-25)35(24-26-16-11-12-19-28(26)32)30(36)20-13-22-34(2)40(38,39)27-17-9-6-10-18-27/h5-12,14-19,29H,3-4,13,20-24H2,1-2H3,(H,33,37)/t29-/m0/s1. The van der Waals surface area contributed by atoms with Gasteiger partial charge in [-0.2, -0.15) is 0 Å². The number of carbonyl (C=O) groups excluding carboxylic acids is 2. The van der Waals surface area contributed by atoms with Crippen LogP contribution in [0.5, 0.6) is 0 Å². The molecule has 0 aliphatic carbocycles. The van der Waals surface area contributed by atoms with Crippen molar-refractivity contribution < 1.29 is 18.0 Å². The van der Waals surface area contributed by atoms with Crippen molar-refractivity contribution in [2.75, 3.05) is 20.1 Å². The summed E-state index contributed by atoms with van der Waals surface area (Å²) in [4.78, 5) is 29.0. The van der Waals surface area contributed by atoms with Crippen molar-refractivity contribution in [2.24, 2.45) is 0 Å². The van der Waals surface area contributed by atoms with E-state index in [-0.39, 0.29) is 36.2 Å². The number of nitrogens with zero attached hydrogens (tertiary/aromatic N) is 2. The summed E-state index contributed by atoms with van der Waals surface area (Å²) in [5.74, 6) is -0.460. The average Bonchev–Trinajstić information content (AvgIpc) is 2.96. The number of carbonyl (C=O) groups is 2. The molecule has 3 rings (SSSR count). The highest BCUT2D eigenvalue weighted by molar-refractivity contribution is 7.89. The van der Waals surface area contributed by atoms with E-state index in [1.807, 2.05) is 48.5 Å². The third-order valence-electron chi connectivity index (χ3n) is 6.71. The Morgan fingerprint density at radius 1 is 0.900 bits per heavy atom. The molecule has 9 heteroatoms. The van der Waals surface area contributed by atoms with Crippen molar-refractivity contribution in [2.45, 2.75) is 56.5 Å². The molecule has 214 valence electrons. The van der Waals surface area contributed by atoms with Crippen LogP contribution in [0.15, 0.2) is 89.8 Å². The molecule has 40 heavy (non-hydrogen) atoms. The van der Waals surface area contributed by atoms with Crippen LogP contribution in [-0.4, -0.2) is 55.6 Å². The van der Waals surface area contributed by atoms with E-state index in [9.17, 15) is 18.0 Å². The van der Waals surface area contributed by atoms with Gasteiger partial charge in [-0.3, -0.25) is 9.59 Å². The van der Waals surface area contributed by atoms with E-state index in [4.69, 9.17) is 11.6 Å². The van der Waals surface area contributed by atoms with Crippen molar-refractivity contribution in [1.29, 1.82) is 0 Å². The highest BCUT2D eigenvalue weighted by Gasteiger charge is 2.31. The topological polar surface area (TPSA) is 86.8 Å². The predicted octanol–water partition coefficient (Wildman–Crippen LogP) is 5.30. The summed E-state index contributed by atoms with van der Waals surface area (Å²) in [6.07, 6.45) is 2.50. The third-order valence-corrected chi connectivity index (χ3v) is 8.95. The van der Waals surface area contributed by atoms with Crippen LogP contribution in [0.25, 0.3) is 0 Å². The zero-order valence-electron chi connectivity index (χ0n) is 23.1. The van der Waals surface area contributed by atoms with Gasteiger partial charge in [-0.1, -0.05) is 91.7 Å². The minimum atomic E-state index is -3.67. The fraction of sp³-hybridized carbons (Fsp3) is 0.355. The van der Waals surface area contributed by atoms with Crippen LogP contribution in [0.4, 0.5) is 0 Å². The van der Waals surface area contributed by atoms with Crippen molar-refractivity contribution in [3.63, 3.8) is 0 Å². The van der Waals surface area contributed by atoms with E-state index in [0.717, 1.165) is 24.0 Å². The molecule has 3 aromatic carbocycles. The molecule has 0 aliphatic rings. The molecule has 0 saturated carbocycles. The molecule has 0 saturated heterocycles. The highest BCUT2D eigenvalue weighted by atomic mass is 35.5. The molecular formula is C31H38ClN3O4S. The lowest BCUT2D eigenvalue weighted by Crippen LogP contribution is -2.50. The maximum Gasteiger partial charge on any atom is 0.243 e. The van der Waals surface area contributed by atoms with E-state index < -0.39 is 16.1 Å². The second kappa shape index (κ2) is 15.6. The SMILES string of the molecule is CCCCNC(=O)[C@H](Cc1ccccc1)N(Cc1ccccc1Cl)C(=O)CCCN(C)S(=O)(=O)c1ccccc1. The maximum atomic E-state index is 13.8. The summed E-state index contributed by atoms with van der Waals surface area (Å²) in [5, 5.41) is 3.51. The second-order valence-corrected chi connectivity index (χ2v) is 12.2. The minimum absolute atomic E-state index is 0.0760. The van der Waals surface area contributed by atoms with Crippen LogP contribution >= 0.6 is 11.6 Å². The zero-order chi connectivity index (χ0) is 29.0. The van der Waals surface area contributed by atoms with E-state index in [1.54, 1.807) is 41.3 Å². The first kappa shape index (κ1) is 31.3. The Morgan fingerprint density at radius 2 is 1.52 bits per heavy atom. The lowest BCUT2D eigenvalue weighted by molar-refractivity contribution is -0.141. The van der Waals surface area contributed by atoms with Crippen LogP contribution < -0.4 is 5.32 Å². The largest absolute Gasteiger partial charge is 0.354 e. The molecule has 0 unspecified atom stereocenters. The summed E-state index contributed by atoms with van der Waals surface area (Å²) in [5.41, 5.74) is 1.67. The lowest BCUT2D eigenvalue weighted by atomic mass is 10.0. The normalized spacial score (nSPS) is 12.2. The van der Waals surface area contributed by atoms with Crippen LogP contribution in [0.3, 0.4) is 0 Å². The fourth-order valence-electron chi connectivity index (χ4n) is 4.36. The number of rotatable bonds is 15. The number of benzene rings is 3. The summed E-state index contributed by atoms with van der Waals surface area (Å²) in [6, 6.07) is 24.3. The molecule has 7 nitrogen and oxygen atoms in total. The molecule has 0 bridgehead atoms. The van der Waals surface area contributed by atoms with Crippen LogP contribution in [0.2, 0.25) is 5.02 Å². The quantitative estimate of drug-likeness (QED) is 0.246. The Kier molecular flexibility index (Phi) is 12.2. The number of unbranched alkanes of at least 4 members (excludes halogenated alkanes) is 1. The van der Waals surface area contributed by atoms with Gasteiger partial charge in [0.05, 0.1) is 4.90 Å². The van der Waals surface area contributed by atoms with Gasteiger partial charge in [0.25, 0.3) is 0 Å². The molecule has 2 amide bonds. The van der Waals surface area contributed by atoms with Crippen LogP contribution in [-0.2, 0) is 32.6 Å². The predicted molar refractivity (Wildman–Crippen MR) is 159 cm³/mol. The first-order valence-electron chi connectivity index (χ1n) is 13.6. The second-order valence-electron chi connectivity index (χ2n) is 9.71. The summed E-state index contributed by atoms with van der Waals surface area (Å²) in [7, 11) is -2.16. The Bertz CT molecular complexity index is 1340. The average molecular weight is 584 g/mol. The molecule has 1 atom stereocenters. The lowest BCUT2D eigenvalue weighted by Gasteiger charge is -2.32. The first-order valence-corrected chi connectivity index (χ1v) is 15.4. The number of halogens is 1. The molecule has 3 aromatic rings. The zero-order valence-corrected chi connectivity index (χ0v) is 24.7. The summed E-state index contributed by atoms with van der Waals surface area (Å²) < 4.78 is 27.1. The number of nitrogens with one attached hydrogen (secondary N) is 1. The van der Waals surface area contributed by atoms with Crippen molar-refractivity contribution in [3.05, 3.63) is 101 Å². The molecule has 0 heterocycles. The number of hydrogen-bond acceptors (Lipinski definition) is 4. The van der Waals surface area contributed by atoms with Gasteiger partial charge >= 0.3 is 0 Å². The van der Waals surface area contributed by atoms with E-state index in [2.05, 4.69) is 12.2 Å². The number of sulfonamides is 1. The summed E-state index contributed by atoms with van der Waals surface area (Å²) >= 11 is 6.46. The molecule has 1 N–H and O–H groups in total. The Labute approximate surface area is 243 Å². The third kappa shape index (κ3) is 8.91. The first-order chi connectivity index (χ1) is 19.2. The molecule has 0 radical (unpaired) electrons. The monoisotopic (exact) mass is 583 g/mol. The van der Waals surface area contributed by atoms with Gasteiger partial charge in [-0.15, -0.1) is 0 Å². The van der Waals surface area contributed by atoms with Gasteiger partial charge in [0.2, 0.25) is 21.8 Å². The van der Waals surface area contributed by atoms with Gasteiger partial charge < -0.3 is 10.2 Å². The molecular weight excluding hydrogens is 546 g/mol. The summed E-state index contributed by atoms with van der Waals surface area (Å²) in [6.45, 7) is 2.90. The maximum absolute atomic E-state index is 13.8. The van der Waals surface area contributed by atoms with Gasteiger partial charge in [0.1, 0.15) is 6.04 Å². The van der Waals surface area contributed by atoms with Gasteiger partial charge in [-0.25, -0.2) is 12.7 Å². The Hall–Kier alpha value is -3.20. The van der Waals surface area contributed by atoms with Crippen LogP contribution in [0, 0.1) is 0 Å². The van der Waals surface area contributed by atoms with E-state index >= 15 is 0 Å². The Morgan fingerprint density at radius 3 is 2.17 bits per heavy atom. The van der Waals surface area contributed by atoms with E-state index in [0.29, 0.717) is 24.4 Å². The smallest absolute Gasteiger partial charge is 0.243 e. The van der Waals surface area contributed by atoms with Crippen molar-refractivity contribution >= 4 is 33.4 Å². The highest BCUT2D eigenvalue weighted by Crippen LogP contribution is 2.22. The van der Waals surface area contributed by atoms with Crippen molar-refractivity contribution in [3.8, 4) is 0 Å². The van der Waals surface area contributed by atoms with Gasteiger partial charge in [-0.05, 0) is 42.2 Å². The Balaban J connectivity index is 1.82. The van der Waals surface area contributed by atoms with Crippen molar-refractivity contribution in [1.82, 2.24) is 14.5 Å². The van der Waals surface area contributed by atoms with E-state index in [1.165, 1.54) is 11.4 Å². The molecule has 0 spiro atoms. The molecule has 0 fully saturated rings. The van der Waals surface area contributed by atoms with Gasteiger partial charge in [0, 0.05) is 44.5 Å². The number of hydrogen-bond donors (Lipinski definition) is 1.